The van der Waals surface area contributed by atoms with Gasteiger partial charge in [-0.05, 0) is 29.2 Å². The molecule has 230 valence electrons. The van der Waals surface area contributed by atoms with E-state index < -0.39 is 47.4 Å². The first-order valence-electron chi connectivity index (χ1n) is 14.2. The van der Waals surface area contributed by atoms with Crippen LogP contribution in [0.5, 0.6) is 5.75 Å². The molecule has 0 bridgehead atoms. The predicted octanol–water partition coefficient (Wildman–Crippen LogP) is 5.35. The largest absolute Gasteiger partial charge is 0.496 e. The van der Waals surface area contributed by atoms with Gasteiger partial charge in [-0.3, -0.25) is 4.79 Å². The summed E-state index contributed by atoms with van der Waals surface area (Å²) in [6.45, 7) is 6.39. The molecular weight excluding hydrogens is 568 g/mol. The predicted molar refractivity (Wildman–Crippen MR) is 167 cm³/mol. The van der Waals surface area contributed by atoms with Crippen LogP contribution in [0.3, 0.4) is 0 Å². The number of nitrogens with zero attached hydrogens (tertiary/aromatic N) is 3. The third-order valence-electron chi connectivity index (χ3n) is 8.07. The Bertz CT molecular complexity index is 1430. The van der Waals surface area contributed by atoms with Crippen LogP contribution in [0.25, 0.3) is 0 Å². The topological polar surface area (TPSA) is 104 Å². The molecule has 0 radical (unpaired) electrons. The van der Waals surface area contributed by atoms with Crippen LogP contribution >= 0.6 is 11.6 Å². The molecule has 1 aliphatic heterocycles. The van der Waals surface area contributed by atoms with Gasteiger partial charge in [0.2, 0.25) is 0 Å². The van der Waals surface area contributed by atoms with Gasteiger partial charge in [-0.15, -0.1) is 0 Å². The van der Waals surface area contributed by atoms with Gasteiger partial charge in [-0.25, -0.2) is 9.78 Å². The van der Waals surface area contributed by atoms with Crippen molar-refractivity contribution in [2.45, 2.75) is 51.5 Å². The number of aliphatic carboxylic acids is 1. The van der Waals surface area contributed by atoms with Gasteiger partial charge in [0.1, 0.15) is 17.6 Å². The van der Waals surface area contributed by atoms with Crippen LogP contribution in [-0.4, -0.2) is 67.3 Å². The maximum atomic E-state index is 14.6. The van der Waals surface area contributed by atoms with Crippen molar-refractivity contribution in [2.75, 3.05) is 33.2 Å². The number of hydrogen-bond acceptors (Lipinski definition) is 7. The van der Waals surface area contributed by atoms with E-state index in [1.54, 1.807) is 25.4 Å². The van der Waals surface area contributed by atoms with Crippen molar-refractivity contribution in [3.8, 4) is 5.75 Å². The molecule has 5 atom stereocenters. The minimum atomic E-state index is -1.15. The number of pyridine rings is 1. The highest BCUT2D eigenvalue weighted by Crippen LogP contribution is 2.50. The van der Waals surface area contributed by atoms with Crippen LogP contribution in [0.2, 0.25) is 5.02 Å². The summed E-state index contributed by atoms with van der Waals surface area (Å²) in [5.41, 5.74) is 1.72. The second-order valence-corrected chi connectivity index (χ2v) is 12.5. The fourth-order valence-electron chi connectivity index (χ4n) is 6.30. The molecule has 2 N–H and O–H groups in total. The van der Waals surface area contributed by atoms with E-state index in [2.05, 4.69) is 10.3 Å². The highest BCUT2D eigenvalue weighted by atomic mass is 35.5. The zero-order valence-corrected chi connectivity index (χ0v) is 26.5. The first-order valence-corrected chi connectivity index (χ1v) is 14.6. The number of halogens is 1. The molecule has 1 aromatic heterocycles. The molecule has 9 nitrogen and oxygen atoms in total. The summed E-state index contributed by atoms with van der Waals surface area (Å²) in [7, 11) is 6.81. The van der Waals surface area contributed by atoms with Crippen molar-refractivity contribution in [3.63, 3.8) is 0 Å². The molecule has 1 aliphatic rings. The summed E-state index contributed by atoms with van der Waals surface area (Å²) in [4.78, 5) is 35.9. The van der Waals surface area contributed by atoms with E-state index in [1.165, 1.54) is 12.0 Å². The number of carbonyl (C=O) groups is 2. The van der Waals surface area contributed by atoms with Crippen molar-refractivity contribution >= 4 is 29.3 Å². The molecule has 1 amide bonds. The zero-order chi connectivity index (χ0) is 31.5. The number of carbonyl (C=O) groups excluding carboxylic acids is 1. The van der Waals surface area contributed by atoms with Crippen LogP contribution in [0.15, 0.2) is 66.9 Å². The molecule has 0 saturated carbocycles. The average molecular weight is 609 g/mol. The number of carboxylic acid groups (broad SMARTS) is 1. The fraction of sp³-hybridized carbons (Fsp3) is 0.424. The highest BCUT2D eigenvalue weighted by Gasteiger charge is 2.59. The van der Waals surface area contributed by atoms with Crippen LogP contribution in [-0.2, 0) is 20.9 Å². The van der Waals surface area contributed by atoms with Crippen molar-refractivity contribution in [1.29, 1.82) is 0 Å². The van der Waals surface area contributed by atoms with E-state index in [0.717, 1.165) is 11.1 Å². The summed E-state index contributed by atoms with van der Waals surface area (Å²) in [6, 6.07) is 16.0. The van der Waals surface area contributed by atoms with Crippen molar-refractivity contribution in [3.05, 3.63) is 88.6 Å². The summed E-state index contributed by atoms with van der Waals surface area (Å²) in [6.07, 6.45) is 0.694. The maximum Gasteiger partial charge on any atom is 0.326 e. The normalized spacial score (nSPS) is 21.0. The minimum absolute atomic E-state index is 0.354. The lowest BCUT2D eigenvalue weighted by molar-refractivity contribution is -0.157. The molecule has 10 heteroatoms. The van der Waals surface area contributed by atoms with E-state index in [1.807, 2.05) is 88.3 Å². The van der Waals surface area contributed by atoms with E-state index >= 15 is 0 Å². The van der Waals surface area contributed by atoms with Crippen molar-refractivity contribution in [2.24, 2.45) is 11.3 Å². The quantitative estimate of drug-likeness (QED) is 0.317. The molecule has 2 aromatic carbocycles. The molecule has 1 fully saturated rings. The number of hydrogen-bond donors (Lipinski definition) is 2. The number of carboxylic acids is 1. The Morgan fingerprint density at radius 2 is 1.79 bits per heavy atom. The average Bonchev–Trinajstić information content (AvgIpc) is 3.33. The molecule has 3 aromatic rings. The second-order valence-electron chi connectivity index (χ2n) is 12.1. The van der Waals surface area contributed by atoms with E-state index in [9.17, 15) is 14.7 Å². The van der Waals surface area contributed by atoms with Gasteiger partial charge in [-0.2, -0.15) is 0 Å². The van der Waals surface area contributed by atoms with E-state index in [0.29, 0.717) is 28.7 Å². The van der Waals surface area contributed by atoms with Gasteiger partial charge < -0.3 is 29.7 Å². The third kappa shape index (κ3) is 6.64. The smallest absolute Gasteiger partial charge is 0.326 e. The highest BCUT2D eigenvalue weighted by molar-refractivity contribution is 6.30. The summed E-state index contributed by atoms with van der Waals surface area (Å²) >= 11 is 6.22. The van der Waals surface area contributed by atoms with Crippen LogP contribution < -0.4 is 15.0 Å². The van der Waals surface area contributed by atoms with Gasteiger partial charge in [-0.1, -0.05) is 74.8 Å². The number of nitrogens with one attached hydrogen (secondary N) is 1. The number of rotatable bonds is 10. The lowest BCUT2D eigenvalue weighted by atomic mass is 9.72. The number of amides is 1. The van der Waals surface area contributed by atoms with Gasteiger partial charge >= 0.3 is 5.97 Å². The van der Waals surface area contributed by atoms with Gasteiger partial charge in [0.15, 0.2) is 6.10 Å². The van der Waals surface area contributed by atoms with Crippen molar-refractivity contribution in [1.82, 2.24) is 15.2 Å². The van der Waals surface area contributed by atoms with E-state index in [-0.39, 0.29) is 0 Å². The SMILES string of the molecule is COc1cc(Cl)ccc1CN[C@H]1[C@H](C(C)(C)C)[C@@H](C(=O)O)N(C(=O)[C@H](OC)c2ccccc2)[C@H]1c1cccnc1N(C)C. The number of likely N-dealkylation sites (tertiary alicyclic amines) is 1. The number of aromatic nitrogens is 1. The standard InChI is InChI=1S/C33H41ClN4O5/c1-33(2,3)25-26(36-19-21-15-16-22(34)18-24(21)42-6)27(23-14-11-17-35-30(23)37(4)5)38(28(25)32(40)41)31(39)29(43-7)20-12-9-8-10-13-20/h8-18,25-29,36H,19H2,1-7H3,(H,40,41)/t25-,26-,27-,28-,29+/m0/s1. The molecule has 0 spiro atoms. The van der Waals surface area contributed by atoms with Gasteiger partial charge in [0, 0.05) is 62.1 Å². The van der Waals surface area contributed by atoms with Crippen LogP contribution in [0, 0.1) is 11.3 Å². The fourth-order valence-corrected chi connectivity index (χ4v) is 6.46. The molecule has 43 heavy (non-hydrogen) atoms. The Kier molecular flexibility index (Phi) is 10.00. The van der Waals surface area contributed by atoms with Gasteiger partial charge in [0.05, 0.1) is 13.2 Å². The molecule has 0 unspecified atom stereocenters. The third-order valence-corrected chi connectivity index (χ3v) is 8.31. The number of anilines is 1. The Hall–Kier alpha value is -3.66. The lowest BCUT2D eigenvalue weighted by Crippen LogP contribution is -2.49. The maximum absolute atomic E-state index is 14.6. The molecular formula is C33H41ClN4O5. The Morgan fingerprint density at radius 3 is 2.37 bits per heavy atom. The van der Waals surface area contributed by atoms with Crippen molar-refractivity contribution < 1.29 is 24.2 Å². The molecule has 4 rings (SSSR count). The minimum Gasteiger partial charge on any atom is -0.496 e. The molecule has 2 heterocycles. The summed E-state index contributed by atoms with van der Waals surface area (Å²) in [5, 5.41) is 15.0. The first kappa shape index (κ1) is 32.3. The number of benzene rings is 2. The Morgan fingerprint density at radius 1 is 1.09 bits per heavy atom. The van der Waals surface area contributed by atoms with Gasteiger partial charge in [0.25, 0.3) is 5.91 Å². The molecule has 0 aliphatic carbocycles. The van der Waals surface area contributed by atoms with E-state index in [4.69, 9.17) is 21.1 Å². The monoisotopic (exact) mass is 608 g/mol. The van der Waals surface area contributed by atoms with Crippen LogP contribution in [0.4, 0.5) is 5.82 Å². The Balaban J connectivity index is 1.93. The molecule has 1 saturated heterocycles. The lowest BCUT2D eigenvalue weighted by Gasteiger charge is -2.35. The number of ether oxygens (including phenoxy) is 2. The first-order chi connectivity index (χ1) is 20.4. The zero-order valence-electron chi connectivity index (χ0n) is 25.7. The second kappa shape index (κ2) is 13.3. The summed E-state index contributed by atoms with van der Waals surface area (Å²) < 4.78 is 11.4. The number of methoxy groups -OCH3 is 2. The summed E-state index contributed by atoms with van der Waals surface area (Å²) in [5.74, 6) is -0.745. The Labute approximate surface area is 258 Å². The van der Waals surface area contributed by atoms with Crippen LogP contribution in [0.1, 0.15) is 49.6 Å².